The van der Waals surface area contributed by atoms with Crippen LogP contribution in [0.3, 0.4) is 0 Å². The van der Waals surface area contributed by atoms with Crippen molar-refractivity contribution in [1.82, 2.24) is 10.2 Å². The zero-order chi connectivity index (χ0) is 15.2. The van der Waals surface area contributed by atoms with Gasteiger partial charge in [-0.25, -0.2) is 0 Å². The van der Waals surface area contributed by atoms with E-state index in [1.807, 2.05) is 24.0 Å². The number of hydrogen-bond donors (Lipinski definition) is 1. The van der Waals surface area contributed by atoms with Crippen molar-refractivity contribution in [2.75, 3.05) is 33.3 Å². The van der Waals surface area contributed by atoms with Gasteiger partial charge in [0.1, 0.15) is 5.75 Å². The lowest BCUT2D eigenvalue weighted by Gasteiger charge is -2.19. The van der Waals surface area contributed by atoms with Gasteiger partial charge in [0.2, 0.25) is 5.91 Å². The van der Waals surface area contributed by atoms with E-state index in [4.69, 9.17) is 4.74 Å². The molecule has 1 aliphatic heterocycles. The molecule has 1 N–H and O–H groups in total. The predicted octanol–water partition coefficient (Wildman–Crippen LogP) is 1.26. The molecule has 0 fully saturated rings. The van der Waals surface area contributed by atoms with E-state index in [1.54, 1.807) is 13.1 Å². The lowest BCUT2D eigenvalue weighted by atomic mass is 10.1. The summed E-state index contributed by atoms with van der Waals surface area (Å²) < 4.78 is 5.45. The minimum absolute atomic E-state index is 0.0436. The van der Waals surface area contributed by atoms with Gasteiger partial charge in [-0.1, -0.05) is 6.92 Å². The van der Waals surface area contributed by atoms with E-state index in [0.717, 1.165) is 30.7 Å². The van der Waals surface area contributed by atoms with Crippen LogP contribution in [0, 0.1) is 0 Å². The molecule has 2 rings (SSSR count). The second-order valence-electron chi connectivity index (χ2n) is 5.23. The third kappa shape index (κ3) is 4.04. The maximum absolute atomic E-state index is 12.4. The van der Waals surface area contributed by atoms with Crippen LogP contribution in [0.4, 0.5) is 0 Å². The van der Waals surface area contributed by atoms with Crippen LogP contribution in [0.25, 0.3) is 0 Å². The molecule has 0 radical (unpaired) electrons. The van der Waals surface area contributed by atoms with E-state index >= 15 is 0 Å². The molecule has 1 aliphatic rings. The van der Waals surface area contributed by atoms with Gasteiger partial charge >= 0.3 is 0 Å². The van der Waals surface area contributed by atoms with E-state index < -0.39 is 0 Å². The van der Waals surface area contributed by atoms with Crippen LogP contribution < -0.4 is 10.1 Å². The van der Waals surface area contributed by atoms with Crippen molar-refractivity contribution >= 4 is 11.7 Å². The third-order valence-corrected chi connectivity index (χ3v) is 3.56. The fraction of sp³-hybridized carbons (Fsp3) is 0.500. The molecule has 0 unspecified atom stereocenters. The Morgan fingerprint density at radius 3 is 2.86 bits per heavy atom. The minimum atomic E-state index is -0.0707. The molecule has 1 aromatic carbocycles. The smallest absolute Gasteiger partial charge is 0.233 e. The highest BCUT2D eigenvalue weighted by Crippen LogP contribution is 2.26. The number of hydrogen-bond acceptors (Lipinski definition) is 4. The molecule has 0 saturated heterocycles. The number of nitrogens with one attached hydrogen (secondary N) is 1. The van der Waals surface area contributed by atoms with E-state index in [0.29, 0.717) is 12.2 Å². The van der Waals surface area contributed by atoms with Crippen LogP contribution in [0.15, 0.2) is 18.2 Å². The lowest BCUT2D eigenvalue weighted by molar-refractivity contribution is -0.121. The first-order valence-electron chi connectivity index (χ1n) is 7.36. The van der Waals surface area contributed by atoms with Crippen LogP contribution >= 0.6 is 0 Å². The van der Waals surface area contributed by atoms with Gasteiger partial charge in [0.05, 0.1) is 19.7 Å². The maximum atomic E-state index is 12.4. The van der Waals surface area contributed by atoms with Crippen molar-refractivity contribution < 1.29 is 14.3 Å². The fourth-order valence-corrected chi connectivity index (χ4v) is 2.47. The van der Waals surface area contributed by atoms with Gasteiger partial charge in [0.15, 0.2) is 5.78 Å². The highest BCUT2D eigenvalue weighted by molar-refractivity contribution is 5.98. The van der Waals surface area contributed by atoms with E-state index in [2.05, 4.69) is 5.32 Å². The number of likely N-dealkylation sites (N-methyl/N-ethyl adjacent to an activating group) is 1. The summed E-state index contributed by atoms with van der Waals surface area (Å²) in [7, 11) is 1.61. The normalized spacial score (nSPS) is 12.9. The van der Waals surface area contributed by atoms with Crippen molar-refractivity contribution in [2.45, 2.75) is 19.8 Å². The summed E-state index contributed by atoms with van der Waals surface area (Å²) in [6, 6.07) is 5.57. The number of benzene rings is 1. The lowest BCUT2D eigenvalue weighted by Crippen LogP contribution is -2.39. The molecule has 21 heavy (non-hydrogen) atoms. The van der Waals surface area contributed by atoms with Gasteiger partial charge in [-0.2, -0.15) is 0 Å². The van der Waals surface area contributed by atoms with Crippen molar-refractivity contribution in [3.63, 3.8) is 0 Å². The number of carbonyl (C=O) groups excluding carboxylic acids is 2. The maximum Gasteiger partial charge on any atom is 0.233 e. The molecular formula is C16H22N2O3. The van der Waals surface area contributed by atoms with Crippen molar-refractivity contribution in [1.29, 1.82) is 0 Å². The summed E-state index contributed by atoms with van der Waals surface area (Å²) in [6.07, 6.45) is 1.76. The van der Waals surface area contributed by atoms with Crippen LogP contribution in [0.2, 0.25) is 0 Å². The molecule has 0 saturated carbocycles. The summed E-state index contributed by atoms with van der Waals surface area (Å²) in [5, 5.41) is 2.59. The Kier molecular flexibility index (Phi) is 5.33. The van der Waals surface area contributed by atoms with Crippen molar-refractivity contribution in [2.24, 2.45) is 0 Å². The predicted molar refractivity (Wildman–Crippen MR) is 80.8 cm³/mol. The Bertz CT molecular complexity index is 528. The topological polar surface area (TPSA) is 58.6 Å². The highest BCUT2D eigenvalue weighted by Gasteiger charge is 2.18. The largest absolute Gasteiger partial charge is 0.493 e. The Labute approximate surface area is 125 Å². The number of rotatable bonds is 7. The standard InChI is InChI=1S/C16H22N2O3/c1-3-7-18(11-16(20)17-2)10-14(19)12-4-5-15-13(9-12)6-8-21-15/h4-5,9H,3,6-8,10-11H2,1-2H3,(H,17,20). The monoisotopic (exact) mass is 290 g/mol. The molecule has 1 heterocycles. The first-order chi connectivity index (χ1) is 10.1. The quantitative estimate of drug-likeness (QED) is 0.768. The van der Waals surface area contributed by atoms with Gasteiger partial charge in [-0.05, 0) is 36.7 Å². The summed E-state index contributed by atoms with van der Waals surface area (Å²) in [4.78, 5) is 25.8. The summed E-state index contributed by atoms with van der Waals surface area (Å²) in [5.41, 5.74) is 1.78. The number of amides is 1. The van der Waals surface area contributed by atoms with Crippen LogP contribution in [-0.2, 0) is 11.2 Å². The number of nitrogens with zero attached hydrogens (tertiary/aromatic N) is 1. The van der Waals surface area contributed by atoms with Crippen molar-refractivity contribution in [3.8, 4) is 5.75 Å². The number of Topliss-reactive ketones (excluding diaryl/α,β-unsaturated/α-hetero) is 1. The number of ketones is 1. The van der Waals surface area contributed by atoms with Gasteiger partial charge < -0.3 is 10.1 Å². The fourth-order valence-electron chi connectivity index (χ4n) is 2.47. The molecular weight excluding hydrogens is 268 g/mol. The minimum Gasteiger partial charge on any atom is -0.493 e. The molecule has 1 amide bonds. The first-order valence-corrected chi connectivity index (χ1v) is 7.36. The third-order valence-electron chi connectivity index (χ3n) is 3.56. The molecule has 0 aromatic heterocycles. The van der Waals surface area contributed by atoms with Gasteiger partial charge in [0.25, 0.3) is 0 Å². The van der Waals surface area contributed by atoms with Crippen LogP contribution in [0.1, 0.15) is 29.3 Å². The van der Waals surface area contributed by atoms with Gasteiger partial charge in [-0.3, -0.25) is 14.5 Å². The van der Waals surface area contributed by atoms with Crippen LogP contribution in [0.5, 0.6) is 5.75 Å². The van der Waals surface area contributed by atoms with Gasteiger partial charge in [0, 0.05) is 19.0 Å². The number of ether oxygens (including phenoxy) is 1. The molecule has 0 bridgehead atoms. The Balaban J connectivity index is 2.02. The average molecular weight is 290 g/mol. The molecule has 0 atom stereocenters. The Morgan fingerprint density at radius 1 is 1.33 bits per heavy atom. The molecule has 1 aromatic rings. The van der Waals surface area contributed by atoms with E-state index in [-0.39, 0.29) is 24.8 Å². The average Bonchev–Trinajstić information content (AvgIpc) is 2.94. The zero-order valence-electron chi connectivity index (χ0n) is 12.6. The second kappa shape index (κ2) is 7.22. The highest BCUT2D eigenvalue weighted by atomic mass is 16.5. The molecule has 0 spiro atoms. The van der Waals surface area contributed by atoms with Gasteiger partial charge in [-0.15, -0.1) is 0 Å². The molecule has 114 valence electrons. The number of fused-ring (bicyclic) bond motifs is 1. The number of carbonyl (C=O) groups is 2. The zero-order valence-corrected chi connectivity index (χ0v) is 12.6. The van der Waals surface area contributed by atoms with E-state index in [9.17, 15) is 9.59 Å². The summed E-state index contributed by atoms with van der Waals surface area (Å²) in [6.45, 7) is 3.97. The Morgan fingerprint density at radius 2 is 2.14 bits per heavy atom. The molecule has 5 heteroatoms. The van der Waals surface area contributed by atoms with Crippen molar-refractivity contribution in [3.05, 3.63) is 29.3 Å². The molecule has 0 aliphatic carbocycles. The molecule has 5 nitrogen and oxygen atoms in total. The van der Waals surface area contributed by atoms with Crippen LogP contribution in [-0.4, -0.2) is 49.9 Å². The van der Waals surface area contributed by atoms with E-state index in [1.165, 1.54) is 0 Å². The SMILES string of the molecule is CCCN(CC(=O)NC)CC(=O)c1ccc2c(c1)CCO2. The second-order valence-corrected chi connectivity index (χ2v) is 5.23. The first kappa shape index (κ1) is 15.5. The summed E-state index contributed by atoms with van der Waals surface area (Å²) in [5.74, 6) is 0.850. The summed E-state index contributed by atoms with van der Waals surface area (Å²) >= 11 is 0. The Hall–Kier alpha value is -1.88.